The van der Waals surface area contributed by atoms with E-state index >= 15 is 0 Å². The first-order valence-electron chi connectivity index (χ1n) is 14.0. The number of rotatable bonds is 11. The van der Waals surface area contributed by atoms with Crippen LogP contribution in [0.25, 0.3) is 0 Å². The Morgan fingerprint density at radius 2 is 1.82 bits per heavy atom. The van der Waals surface area contributed by atoms with Crippen molar-refractivity contribution in [3.05, 3.63) is 59.7 Å². The molecular weight excluding hydrogens is 500 g/mol. The lowest BCUT2D eigenvalue weighted by Gasteiger charge is -2.47. The Kier molecular flexibility index (Phi) is 10.3. The van der Waals surface area contributed by atoms with Gasteiger partial charge in [0.1, 0.15) is 0 Å². The highest BCUT2D eigenvalue weighted by atomic mass is 32.3. The number of nitrogens with zero attached hydrogens (tertiary/aromatic N) is 1. The third kappa shape index (κ3) is 7.86. The van der Waals surface area contributed by atoms with E-state index in [2.05, 4.69) is 16.0 Å². The van der Waals surface area contributed by atoms with Crippen molar-refractivity contribution >= 4 is 28.1 Å². The van der Waals surface area contributed by atoms with Crippen LogP contribution in [0.4, 0.5) is 11.4 Å². The fraction of sp³-hybridized carbons (Fsp3) is 0.552. The van der Waals surface area contributed by atoms with Gasteiger partial charge in [0, 0.05) is 36.9 Å². The molecule has 2 aromatic rings. The third-order valence-electron chi connectivity index (χ3n) is 7.53. The Bertz CT molecular complexity index is 1030. The van der Waals surface area contributed by atoms with Gasteiger partial charge in [-0.1, -0.05) is 49.6 Å². The molecule has 0 aromatic heterocycles. The predicted octanol–water partition coefficient (Wildman–Crippen LogP) is 5.01. The van der Waals surface area contributed by atoms with E-state index in [9.17, 15) is 19.0 Å². The molecule has 1 aliphatic heterocycles. The van der Waals surface area contributed by atoms with Crippen LogP contribution >= 0.6 is 10.8 Å². The van der Waals surface area contributed by atoms with E-state index in [1.165, 1.54) is 19.3 Å². The van der Waals surface area contributed by atoms with E-state index < -0.39 is 22.9 Å². The summed E-state index contributed by atoms with van der Waals surface area (Å²) in [5, 5.41) is 21.1. The minimum Gasteiger partial charge on any atom is -0.390 e. The molecule has 2 aromatic carbocycles. The fourth-order valence-electron chi connectivity index (χ4n) is 5.44. The fourth-order valence-corrected chi connectivity index (χ4v) is 7.11. The Balaban J connectivity index is 1.53. The highest BCUT2D eigenvalue weighted by molar-refractivity contribution is 8.25. The quantitative estimate of drug-likeness (QED) is 0.236. The van der Waals surface area contributed by atoms with E-state index in [1.54, 1.807) is 16.4 Å². The molecule has 4 rings (SSSR count). The van der Waals surface area contributed by atoms with Gasteiger partial charge in [-0.05, 0) is 62.8 Å². The number of carbonyl (C=O) groups excluding carboxylic acids is 1. The second kappa shape index (κ2) is 13.7. The standard InChI is InChI=1S/C29H44N4O4S/c1-2-30-25-18-23(19-26(20-25)33-15-9-10-16-38(33,36)37)29(35)32-27(17-22-11-5-3-6-12-22)28(34)21-31-24-13-7-4-8-14-24/h3,5-6,11-12,18-20,24,27-28,30-31,34,36-37H,2,4,7-10,13-17,21H2,1H3,(H,32,35)/t27-,28+/m0/s1. The van der Waals surface area contributed by atoms with Gasteiger partial charge in [-0.3, -0.25) is 18.2 Å². The number of anilines is 2. The van der Waals surface area contributed by atoms with Crippen LogP contribution in [-0.2, 0) is 6.42 Å². The summed E-state index contributed by atoms with van der Waals surface area (Å²) in [5.74, 6) is 0.0383. The van der Waals surface area contributed by atoms with Crippen molar-refractivity contribution in [2.24, 2.45) is 0 Å². The van der Waals surface area contributed by atoms with Crippen molar-refractivity contribution in [3.8, 4) is 0 Å². The Hall–Kier alpha value is -2.30. The smallest absolute Gasteiger partial charge is 0.251 e. The molecule has 2 fully saturated rings. The Morgan fingerprint density at radius 1 is 1.05 bits per heavy atom. The van der Waals surface area contributed by atoms with E-state index in [1.807, 2.05) is 43.3 Å². The lowest BCUT2D eigenvalue weighted by molar-refractivity contribution is 0.0821. The van der Waals surface area contributed by atoms with Crippen LogP contribution in [0.1, 0.15) is 67.8 Å². The number of hydrogen-bond donors (Lipinski definition) is 6. The highest BCUT2D eigenvalue weighted by Gasteiger charge is 2.29. The van der Waals surface area contributed by atoms with Crippen molar-refractivity contribution in [2.75, 3.05) is 35.0 Å². The van der Waals surface area contributed by atoms with Crippen LogP contribution in [0.2, 0.25) is 0 Å². The number of carbonyl (C=O) groups is 1. The van der Waals surface area contributed by atoms with Crippen molar-refractivity contribution in [1.82, 2.24) is 10.6 Å². The van der Waals surface area contributed by atoms with Crippen LogP contribution in [0.15, 0.2) is 48.5 Å². The molecule has 38 heavy (non-hydrogen) atoms. The number of amides is 1. The first-order valence-corrected chi connectivity index (χ1v) is 15.7. The molecule has 1 saturated heterocycles. The second-order valence-corrected chi connectivity index (χ2v) is 12.6. The Labute approximate surface area is 228 Å². The average molecular weight is 545 g/mol. The van der Waals surface area contributed by atoms with Gasteiger partial charge < -0.3 is 21.1 Å². The van der Waals surface area contributed by atoms with E-state index in [0.29, 0.717) is 49.1 Å². The maximum absolute atomic E-state index is 13.6. The summed E-state index contributed by atoms with van der Waals surface area (Å²) >= 11 is 0. The van der Waals surface area contributed by atoms with Crippen LogP contribution in [0, 0.1) is 0 Å². The number of nitrogens with one attached hydrogen (secondary N) is 3. The van der Waals surface area contributed by atoms with Crippen molar-refractivity contribution < 1.29 is 19.0 Å². The van der Waals surface area contributed by atoms with Gasteiger partial charge in [0.15, 0.2) is 0 Å². The molecule has 1 amide bonds. The number of hydrogen-bond acceptors (Lipinski definition) is 7. The molecule has 0 radical (unpaired) electrons. The second-order valence-electron chi connectivity index (χ2n) is 10.5. The van der Waals surface area contributed by atoms with Gasteiger partial charge in [0.25, 0.3) is 5.91 Å². The highest BCUT2D eigenvalue weighted by Crippen LogP contribution is 2.50. The zero-order chi connectivity index (χ0) is 27.0. The number of aliphatic hydroxyl groups is 1. The minimum atomic E-state index is -2.92. The molecule has 0 spiro atoms. The van der Waals surface area contributed by atoms with Crippen molar-refractivity contribution in [3.63, 3.8) is 0 Å². The number of benzene rings is 2. The summed E-state index contributed by atoms with van der Waals surface area (Å²) in [7, 11) is -2.92. The number of aliphatic hydroxyl groups excluding tert-OH is 1. The SMILES string of the molecule is CCNc1cc(C(=O)N[C@@H](Cc2ccccc2)[C@H](O)CNC2CCCCC2)cc(N2CCCCS2(O)O)c1. The molecular formula is C29H44N4O4S. The molecule has 9 heteroatoms. The minimum absolute atomic E-state index is 0.294. The van der Waals surface area contributed by atoms with Crippen LogP contribution in [0.5, 0.6) is 0 Å². The van der Waals surface area contributed by atoms with Crippen LogP contribution in [-0.4, -0.2) is 63.7 Å². The molecule has 2 aliphatic rings. The van der Waals surface area contributed by atoms with Crippen molar-refractivity contribution in [2.45, 2.75) is 76.5 Å². The van der Waals surface area contributed by atoms with E-state index in [-0.39, 0.29) is 5.91 Å². The normalized spacial score (nSPS) is 20.4. The summed E-state index contributed by atoms with van der Waals surface area (Å²) < 4.78 is 23.0. The average Bonchev–Trinajstić information content (AvgIpc) is 2.92. The van der Waals surface area contributed by atoms with Gasteiger partial charge in [0.2, 0.25) is 0 Å². The maximum Gasteiger partial charge on any atom is 0.251 e. The lowest BCUT2D eigenvalue weighted by Crippen LogP contribution is -2.50. The zero-order valence-corrected chi connectivity index (χ0v) is 23.3. The van der Waals surface area contributed by atoms with Gasteiger partial charge >= 0.3 is 0 Å². The molecule has 1 aliphatic carbocycles. The topological polar surface area (TPSA) is 117 Å². The van der Waals surface area contributed by atoms with E-state index in [0.717, 1.165) is 36.9 Å². The first kappa shape index (κ1) is 28.7. The lowest BCUT2D eigenvalue weighted by atomic mass is 9.95. The molecule has 8 nitrogen and oxygen atoms in total. The van der Waals surface area contributed by atoms with E-state index in [4.69, 9.17) is 0 Å². The molecule has 1 heterocycles. The molecule has 0 unspecified atom stereocenters. The van der Waals surface area contributed by atoms with Gasteiger partial charge in [-0.2, -0.15) is 0 Å². The predicted molar refractivity (Wildman–Crippen MR) is 157 cm³/mol. The largest absolute Gasteiger partial charge is 0.390 e. The maximum atomic E-state index is 13.6. The van der Waals surface area contributed by atoms with Gasteiger partial charge in [0.05, 0.1) is 23.6 Å². The van der Waals surface area contributed by atoms with Crippen LogP contribution in [0.3, 0.4) is 0 Å². The summed E-state index contributed by atoms with van der Waals surface area (Å²) in [5.41, 5.74) is 2.83. The zero-order valence-electron chi connectivity index (χ0n) is 22.4. The van der Waals surface area contributed by atoms with Gasteiger partial charge in [-0.25, -0.2) is 0 Å². The summed E-state index contributed by atoms with van der Waals surface area (Å²) in [4.78, 5) is 13.6. The molecule has 1 saturated carbocycles. The van der Waals surface area contributed by atoms with Crippen molar-refractivity contribution in [1.29, 1.82) is 0 Å². The summed E-state index contributed by atoms with van der Waals surface area (Å²) in [6.07, 6.45) is 7.33. The molecule has 2 atom stereocenters. The summed E-state index contributed by atoms with van der Waals surface area (Å²) in [6, 6.07) is 15.2. The summed E-state index contributed by atoms with van der Waals surface area (Å²) in [6.45, 7) is 3.59. The van der Waals surface area contributed by atoms with Crippen LogP contribution < -0.4 is 20.3 Å². The first-order chi connectivity index (χ1) is 18.4. The monoisotopic (exact) mass is 544 g/mol. The van der Waals surface area contributed by atoms with Gasteiger partial charge in [-0.15, -0.1) is 10.8 Å². The molecule has 210 valence electrons. The molecule has 0 bridgehead atoms. The third-order valence-corrected chi connectivity index (χ3v) is 9.47. The molecule has 6 N–H and O–H groups in total. The Morgan fingerprint density at radius 3 is 2.53 bits per heavy atom.